The van der Waals surface area contributed by atoms with Gasteiger partial charge in [-0.3, -0.25) is 4.79 Å². The highest BCUT2D eigenvalue weighted by Gasteiger charge is 2.30. The third-order valence-corrected chi connectivity index (χ3v) is 6.19. The first-order chi connectivity index (χ1) is 16.7. The molecule has 2 aromatic carbocycles. The van der Waals surface area contributed by atoms with E-state index < -0.39 is 18.3 Å². The van der Waals surface area contributed by atoms with Gasteiger partial charge < -0.3 is 20.6 Å². The summed E-state index contributed by atoms with van der Waals surface area (Å²) in [7, 11) is 2.06. The van der Waals surface area contributed by atoms with E-state index in [1.54, 1.807) is 24.3 Å². The molecule has 7 nitrogen and oxygen atoms in total. The number of benzene rings is 2. The predicted octanol–water partition coefficient (Wildman–Crippen LogP) is 4.35. The van der Waals surface area contributed by atoms with Gasteiger partial charge in [-0.15, -0.1) is 0 Å². The minimum absolute atomic E-state index is 0.0112. The number of nitrogens with one attached hydrogen (secondary N) is 2. The fraction of sp³-hybridized carbons (Fsp3) is 0.269. The van der Waals surface area contributed by atoms with Crippen molar-refractivity contribution in [2.75, 3.05) is 37.4 Å². The van der Waals surface area contributed by atoms with E-state index in [2.05, 4.69) is 57.9 Å². The summed E-state index contributed by atoms with van der Waals surface area (Å²) in [4.78, 5) is 23.4. The highest BCUT2D eigenvalue weighted by molar-refractivity contribution is 6.31. The third kappa shape index (κ3) is 5.43. The fourth-order valence-electron chi connectivity index (χ4n) is 3.93. The predicted molar refractivity (Wildman–Crippen MR) is 136 cm³/mol. The molecule has 0 aliphatic carbocycles. The second-order valence-corrected chi connectivity index (χ2v) is 9.29. The molecule has 4 rings (SSSR count). The summed E-state index contributed by atoms with van der Waals surface area (Å²) >= 11 is 5.91. The van der Waals surface area contributed by atoms with Crippen molar-refractivity contribution < 1.29 is 14.3 Å². The van der Waals surface area contributed by atoms with Crippen molar-refractivity contribution >= 4 is 45.6 Å². The molecular formula is C26H25ClFN5O2. The van der Waals surface area contributed by atoms with E-state index >= 15 is 0 Å². The molecule has 1 fully saturated rings. The van der Waals surface area contributed by atoms with Crippen LogP contribution in [0.2, 0.25) is 5.02 Å². The van der Waals surface area contributed by atoms with E-state index in [1.807, 2.05) is 0 Å². The van der Waals surface area contributed by atoms with E-state index in [0.29, 0.717) is 28.0 Å². The lowest BCUT2D eigenvalue weighted by atomic mass is 9.90. The van der Waals surface area contributed by atoms with Crippen molar-refractivity contribution in [3.8, 4) is 11.8 Å². The van der Waals surface area contributed by atoms with Gasteiger partial charge in [-0.1, -0.05) is 36.1 Å². The van der Waals surface area contributed by atoms with Crippen molar-refractivity contribution in [3.63, 3.8) is 0 Å². The SMILES string of the molecule is C=C(CO)C(=O)Nc1cc2c(Nc3cccc(Cl)c3F)ncnc2cc1C#C[C@@]1(C)CCN(C)C1. The number of rotatable bonds is 5. The zero-order chi connectivity index (χ0) is 25.2. The molecule has 3 N–H and O–H groups in total. The minimum Gasteiger partial charge on any atom is -0.391 e. The number of nitrogens with zero attached hydrogens (tertiary/aromatic N) is 3. The van der Waals surface area contributed by atoms with Crippen LogP contribution in [-0.4, -0.2) is 52.6 Å². The molecule has 9 heteroatoms. The molecule has 0 radical (unpaired) electrons. The Labute approximate surface area is 208 Å². The van der Waals surface area contributed by atoms with Gasteiger partial charge in [0, 0.05) is 22.9 Å². The number of aliphatic hydroxyl groups is 1. The summed E-state index contributed by atoms with van der Waals surface area (Å²) in [5.74, 6) is 5.76. The van der Waals surface area contributed by atoms with Crippen LogP contribution in [0.5, 0.6) is 0 Å². The number of hydrogen-bond donors (Lipinski definition) is 3. The Balaban J connectivity index is 1.80. The molecule has 1 saturated heterocycles. The van der Waals surface area contributed by atoms with Crippen LogP contribution < -0.4 is 10.6 Å². The summed E-state index contributed by atoms with van der Waals surface area (Å²) in [5, 5.41) is 15.6. The molecule has 3 aromatic rings. The Morgan fingerprint density at radius 2 is 2.14 bits per heavy atom. The Kier molecular flexibility index (Phi) is 7.03. The molecular weight excluding hydrogens is 469 g/mol. The van der Waals surface area contributed by atoms with Gasteiger partial charge in [-0.05, 0) is 51.2 Å². The average molecular weight is 494 g/mol. The smallest absolute Gasteiger partial charge is 0.253 e. The largest absolute Gasteiger partial charge is 0.391 e. The van der Waals surface area contributed by atoms with Gasteiger partial charge in [0.05, 0.1) is 34.1 Å². The van der Waals surface area contributed by atoms with Crippen LogP contribution in [0.1, 0.15) is 18.9 Å². The first-order valence-electron chi connectivity index (χ1n) is 11.0. The highest BCUT2D eigenvalue weighted by Crippen LogP contribution is 2.32. The number of aliphatic hydroxyl groups excluding tert-OH is 1. The van der Waals surface area contributed by atoms with Crippen LogP contribution >= 0.6 is 11.6 Å². The molecule has 0 spiro atoms. The first kappa shape index (κ1) is 24.6. The molecule has 1 amide bonds. The number of carbonyl (C=O) groups excluding carboxylic acids is 1. The average Bonchev–Trinajstić information content (AvgIpc) is 3.19. The van der Waals surface area contributed by atoms with Gasteiger partial charge in [0.1, 0.15) is 12.1 Å². The lowest BCUT2D eigenvalue weighted by Crippen LogP contribution is -2.20. The highest BCUT2D eigenvalue weighted by atomic mass is 35.5. The maximum absolute atomic E-state index is 14.5. The van der Waals surface area contributed by atoms with Crippen LogP contribution in [-0.2, 0) is 4.79 Å². The summed E-state index contributed by atoms with van der Waals surface area (Å²) in [6.07, 6.45) is 2.30. The number of anilines is 3. The standard InChI is InChI=1S/C26H25ClFN5O2/c1-16(13-34)25(35)32-21-12-18-22(11-17(21)7-8-26(2)9-10-33(3)14-26)29-15-30-24(18)31-20-6-4-5-19(27)23(20)28/h4-6,11-12,15,34H,1,9-10,13-14H2,2-3H3,(H,32,35)(H,29,30,31)/t26-/m0/s1. The Bertz CT molecular complexity index is 1380. The molecule has 0 bridgehead atoms. The van der Waals surface area contributed by atoms with Gasteiger partial charge in [-0.25, -0.2) is 14.4 Å². The molecule has 180 valence electrons. The lowest BCUT2D eigenvalue weighted by molar-refractivity contribution is -0.113. The van der Waals surface area contributed by atoms with Gasteiger partial charge >= 0.3 is 0 Å². The Hall–Kier alpha value is -3.51. The number of fused-ring (bicyclic) bond motifs is 1. The quantitative estimate of drug-likeness (QED) is 0.362. The summed E-state index contributed by atoms with van der Waals surface area (Å²) in [6, 6.07) is 8.05. The lowest BCUT2D eigenvalue weighted by Gasteiger charge is -2.16. The first-order valence-corrected chi connectivity index (χ1v) is 11.4. The van der Waals surface area contributed by atoms with Gasteiger partial charge in [0.15, 0.2) is 5.82 Å². The van der Waals surface area contributed by atoms with Gasteiger partial charge in [-0.2, -0.15) is 0 Å². The van der Waals surface area contributed by atoms with Gasteiger partial charge in [0.25, 0.3) is 5.91 Å². The zero-order valence-electron chi connectivity index (χ0n) is 19.5. The monoisotopic (exact) mass is 493 g/mol. The van der Waals surface area contributed by atoms with Crippen LogP contribution in [0, 0.1) is 23.1 Å². The topological polar surface area (TPSA) is 90.4 Å². The van der Waals surface area contributed by atoms with E-state index in [4.69, 9.17) is 11.6 Å². The number of aromatic nitrogens is 2. The van der Waals surface area contributed by atoms with Crippen LogP contribution in [0.15, 0.2) is 48.8 Å². The van der Waals surface area contributed by atoms with Crippen LogP contribution in [0.3, 0.4) is 0 Å². The molecule has 1 aliphatic heterocycles. The van der Waals surface area contributed by atoms with E-state index in [1.165, 1.54) is 12.4 Å². The summed E-state index contributed by atoms with van der Waals surface area (Å²) in [6.45, 7) is 7.03. The molecule has 0 unspecified atom stereocenters. The van der Waals surface area contributed by atoms with Crippen molar-refractivity contribution in [1.29, 1.82) is 0 Å². The van der Waals surface area contributed by atoms with E-state index in [9.17, 15) is 14.3 Å². The number of hydrogen-bond acceptors (Lipinski definition) is 6. The van der Waals surface area contributed by atoms with E-state index in [-0.39, 0.29) is 21.7 Å². The number of carbonyl (C=O) groups is 1. The second-order valence-electron chi connectivity index (χ2n) is 8.88. The molecule has 1 aromatic heterocycles. The fourth-order valence-corrected chi connectivity index (χ4v) is 4.11. The van der Waals surface area contributed by atoms with Gasteiger partial charge in [0.2, 0.25) is 0 Å². The van der Waals surface area contributed by atoms with Crippen LogP contribution in [0.25, 0.3) is 10.9 Å². The molecule has 1 aliphatic rings. The summed E-state index contributed by atoms with van der Waals surface area (Å²) < 4.78 is 14.5. The summed E-state index contributed by atoms with van der Waals surface area (Å²) in [5.41, 5.74) is 1.51. The normalized spacial score (nSPS) is 17.6. The van der Waals surface area contributed by atoms with Crippen molar-refractivity contribution in [2.24, 2.45) is 5.41 Å². The van der Waals surface area contributed by atoms with E-state index in [0.717, 1.165) is 19.5 Å². The zero-order valence-corrected chi connectivity index (χ0v) is 20.2. The minimum atomic E-state index is -0.606. The Morgan fingerprint density at radius 3 is 2.86 bits per heavy atom. The maximum atomic E-state index is 14.5. The van der Waals surface area contributed by atoms with Crippen molar-refractivity contribution in [3.05, 3.63) is 65.2 Å². The molecule has 2 heterocycles. The van der Waals surface area contributed by atoms with Crippen LogP contribution in [0.4, 0.5) is 21.6 Å². The number of likely N-dealkylation sites (tertiary alicyclic amines) is 1. The number of halogens is 2. The molecule has 0 saturated carbocycles. The second kappa shape index (κ2) is 10.0. The third-order valence-electron chi connectivity index (χ3n) is 5.90. The number of amides is 1. The molecule has 1 atom stereocenters. The van der Waals surface area contributed by atoms with Crippen molar-refractivity contribution in [2.45, 2.75) is 13.3 Å². The van der Waals surface area contributed by atoms with Crippen molar-refractivity contribution in [1.82, 2.24) is 14.9 Å². The molecule has 35 heavy (non-hydrogen) atoms. The maximum Gasteiger partial charge on any atom is 0.253 e. The Morgan fingerprint density at radius 1 is 1.34 bits per heavy atom.